The predicted molar refractivity (Wildman–Crippen MR) is 112 cm³/mol. The number of phenols is 1. The number of benzene rings is 2. The minimum atomic E-state index is -4.94. The zero-order valence-electron chi connectivity index (χ0n) is 16.6. The Balaban J connectivity index is 1.91. The number of hydrogen-bond donors (Lipinski definition) is 3. The molecule has 31 heavy (non-hydrogen) atoms. The van der Waals surface area contributed by atoms with Crippen molar-refractivity contribution in [3.63, 3.8) is 0 Å². The van der Waals surface area contributed by atoms with Crippen LogP contribution >= 0.6 is 11.6 Å². The van der Waals surface area contributed by atoms with Crippen LogP contribution in [0.2, 0.25) is 5.02 Å². The molecule has 1 heterocycles. The van der Waals surface area contributed by atoms with Crippen LogP contribution in [0.3, 0.4) is 0 Å². The predicted octanol–water partition coefficient (Wildman–Crippen LogP) is 5.83. The Bertz CT molecular complexity index is 1090. The van der Waals surface area contributed by atoms with Crippen LogP contribution in [0.25, 0.3) is 6.08 Å². The molecule has 0 unspecified atom stereocenters. The summed E-state index contributed by atoms with van der Waals surface area (Å²) in [4.78, 5) is 12.1. The average molecular weight is 454 g/mol. The van der Waals surface area contributed by atoms with E-state index in [1.54, 1.807) is 37.3 Å². The van der Waals surface area contributed by atoms with Crippen LogP contribution in [0.15, 0.2) is 36.4 Å². The van der Waals surface area contributed by atoms with E-state index >= 15 is 0 Å². The zero-order valence-corrected chi connectivity index (χ0v) is 17.3. The third kappa shape index (κ3) is 3.38. The summed E-state index contributed by atoms with van der Waals surface area (Å²) in [6.45, 7) is 1.83. The fourth-order valence-electron chi connectivity index (χ4n) is 4.55. The van der Waals surface area contributed by atoms with Gasteiger partial charge in [0.2, 0.25) is 6.54 Å². The topological polar surface area (TPSA) is 72.6 Å². The Morgan fingerprint density at radius 1 is 1.29 bits per heavy atom. The molecule has 0 saturated heterocycles. The number of alkyl halides is 3. The van der Waals surface area contributed by atoms with Gasteiger partial charge in [-0.2, -0.15) is 13.2 Å². The van der Waals surface area contributed by atoms with Crippen LogP contribution in [0, 0.1) is 4.91 Å². The molecule has 2 aromatic rings. The third-order valence-electron chi connectivity index (χ3n) is 6.15. The number of anilines is 1. The number of aliphatic hydroxyl groups is 1. The van der Waals surface area contributed by atoms with Crippen molar-refractivity contribution in [2.75, 3.05) is 11.9 Å². The van der Waals surface area contributed by atoms with Gasteiger partial charge in [-0.25, -0.2) is 0 Å². The van der Waals surface area contributed by atoms with E-state index in [1.807, 2.05) is 0 Å². The molecule has 2 aromatic carbocycles. The highest BCUT2D eigenvalue weighted by Crippen LogP contribution is 2.56. The number of fused-ring (bicyclic) bond motifs is 2. The lowest BCUT2D eigenvalue weighted by atomic mass is 9.69. The number of aromatic hydroxyl groups is 1. The molecule has 0 fully saturated rings. The monoisotopic (exact) mass is 453 g/mol. The first-order chi connectivity index (χ1) is 14.6. The average Bonchev–Trinajstić information content (AvgIpc) is 2.72. The molecule has 0 bridgehead atoms. The number of nitroso groups, excluding NO2 is 1. The van der Waals surface area contributed by atoms with E-state index < -0.39 is 30.2 Å². The number of halogens is 4. The molecule has 3 N–H and O–H groups in total. The van der Waals surface area contributed by atoms with Gasteiger partial charge in [0.1, 0.15) is 5.75 Å². The molecule has 0 saturated carbocycles. The summed E-state index contributed by atoms with van der Waals surface area (Å²) in [5.41, 5.74) is -1.64. The summed E-state index contributed by atoms with van der Waals surface area (Å²) in [6, 6.07) is 5.81. The van der Waals surface area contributed by atoms with Gasteiger partial charge in [0, 0.05) is 27.0 Å². The second-order valence-electron chi connectivity index (χ2n) is 7.91. The molecule has 0 radical (unpaired) electrons. The Hall–Kier alpha value is -2.58. The summed E-state index contributed by atoms with van der Waals surface area (Å²) in [6.07, 6.45) is -2.02. The molecule has 5 nitrogen and oxygen atoms in total. The standard InChI is InChI=1S/C22H20ClF3N2O3/c1-2-12-11-21(30,22(24,25)26)20(14-8-9-15(23)19(29)18(12)14)27-16-6-3-7-17-13(16)5-4-10-28(17)31/h3-9,12,20,27,30H,2,10-11H2,1H3/p+1/t12-,20+,21+/m1/s1. The second kappa shape index (κ2) is 7.53. The maximum atomic E-state index is 14.2. The summed E-state index contributed by atoms with van der Waals surface area (Å²) in [5.74, 6) is -1.01. The summed E-state index contributed by atoms with van der Waals surface area (Å²) in [7, 11) is 0. The fourth-order valence-corrected chi connectivity index (χ4v) is 4.71. The molecule has 0 aromatic heterocycles. The first-order valence-corrected chi connectivity index (χ1v) is 10.3. The minimum Gasteiger partial charge on any atom is -0.506 e. The Morgan fingerprint density at radius 2 is 2.03 bits per heavy atom. The van der Waals surface area contributed by atoms with Crippen molar-refractivity contribution in [3.8, 4) is 5.75 Å². The smallest absolute Gasteiger partial charge is 0.419 e. The summed E-state index contributed by atoms with van der Waals surface area (Å²) >= 11 is 6.04. The van der Waals surface area contributed by atoms with Gasteiger partial charge in [0.15, 0.2) is 5.60 Å². The van der Waals surface area contributed by atoms with Crippen LogP contribution in [-0.2, 0) is 0 Å². The Kier molecular flexibility index (Phi) is 5.26. The van der Waals surface area contributed by atoms with Crippen molar-refractivity contribution in [3.05, 3.63) is 63.0 Å². The normalized spacial score (nSPS) is 25.2. The van der Waals surface area contributed by atoms with E-state index in [2.05, 4.69) is 5.32 Å². The van der Waals surface area contributed by atoms with Crippen molar-refractivity contribution < 1.29 is 28.1 Å². The lowest BCUT2D eigenvalue weighted by Gasteiger charge is -2.46. The highest BCUT2D eigenvalue weighted by Gasteiger charge is 2.62. The number of phenolic OH excluding ortho intramolecular Hbond substituents is 1. The van der Waals surface area contributed by atoms with Crippen LogP contribution in [0.5, 0.6) is 5.75 Å². The number of hydrogen-bond acceptors (Lipinski definition) is 4. The SMILES string of the molecule is CC[C@@H]1C[C@@](O)(C(F)(F)F)[C@@H](Nc2cccc3c2C=CC[N+]3=O)c2ccc(Cl)c(O)c21. The van der Waals surface area contributed by atoms with Gasteiger partial charge in [-0.1, -0.05) is 30.7 Å². The Morgan fingerprint density at radius 3 is 2.71 bits per heavy atom. The lowest BCUT2D eigenvalue weighted by Crippen LogP contribution is -2.55. The maximum absolute atomic E-state index is 14.2. The number of rotatable bonds is 3. The van der Waals surface area contributed by atoms with E-state index in [9.17, 15) is 28.3 Å². The zero-order chi connectivity index (χ0) is 22.6. The first kappa shape index (κ1) is 21.6. The molecular weight excluding hydrogens is 433 g/mol. The van der Waals surface area contributed by atoms with Crippen molar-refractivity contribution in [2.24, 2.45) is 0 Å². The molecular formula is C22H21ClF3N2O3+. The molecule has 2 aliphatic rings. The summed E-state index contributed by atoms with van der Waals surface area (Å²) < 4.78 is 43.4. The van der Waals surface area contributed by atoms with Crippen molar-refractivity contribution in [1.82, 2.24) is 0 Å². The van der Waals surface area contributed by atoms with E-state index in [0.29, 0.717) is 16.8 Å². The minimum absolute atomic E-state index is 0.0374. The third-order valence-corrected chi connectivity index (χ3v) is 6.45. The molecule has 1 aliphatic heterocycles. The van der Waals surface area contributed by atoms with Crippen molar-refractivity contribution >= 4 is 29.1 Å². The van der Waals surface area contributed by atoms with Gasteiger partial charge in [-0.3, -0.25) is 0 Å². The van der Waals surface area contributed by atoms with Gasteiger partial charge >= 0.3 is 6.18 Å². The maximum Gasteiger partial charge on any atom is 0.419 e. The van der Waals surface area contributed by atoms with Gasteiger partial charge in [0.25, 0.3) is 5.69 Å². The lowest BCUT2D eigenvalue weighted by molar-refractivity contribution is -0.452. The Labute approximate surface area is 181 Å². The van der Waals surface area contributed by atoms with Crippen LogP contribution in [0.4, 0.5) is 24.5 Å². The van der Waals surface area contributed by atoms with E-state index in [-0.39, 0.29) is 35.0 Å². The van der Waals surface area contributed by atoms with Gasteiger partial charge in [-0.05, 0) is 48.6 Å². The van der Waals surface area contributed by atoms with Crippen LogP contribution in [-0.4, -0.2) is 33.3 Å². The largest absolute Gasteiger partial charge is 0.506 e. The highest BCUT2D eigenvalue weighted by atomic mass is 35.5. The van der Waals surface area contributed by atoms with E-state index in [4.69, 9.17) is 11.6 Å². The van der Waals surface area contributed by atoms with Gasteiger partial charge in [0.05, 0.1) is 16.6 Å². The van der Waals surface area contributed by atoms with Gasteiger partial charge < -0.3 is 15.5 Å². The molecule has 3 atom stereocenters. The van der Waals surface area contributed by atoms with E-state index in [1.165, 1.54) is 12.1 Å². The van der Waals surface area contributed by atoms with Gasteiger partial charge in [-0.15, -0.1) is 0 Å². The number of nitrogens with one attached hydrogen (secondary N) is 1. The second-order valence-corrected chi connectivity index (χ2v) is 8.32. The molecule has 0 amide bonds. The molecule has 164 valence electrons. The van der Waals surface area contributed by atoms with Crippen LogP contribution < -0.4 is 5.32 Å². The van der Waals surface area contributed by atoms with E-state index in [0.717, 1.165) is 4.76 Å². The van der Waals surface area contributed by atoms with Crippen LogP contribution in [0.1, 0.15) is 48.4 Å². The highest BCUT2D eigenvalue weighted by molar-refractivity contribution is 6.32. The first-order valence-electron chi connectivity index (χ1n) is 9.89. The van der Waals surface area contributed by atoms with Crippen molar-refractivity contribution in [2.45, 2.75) is 43.5 Å². The quantitative estimate of drug-likeness (QED) is 0.511. The fraction of sp³-hybridized carbons (Fsp3) is 0.364. The van der Waals surface area contributed by atoms with Crippen molar-refractivity contribution in [1.29, 1.82) is 0 Å². The molecule has 9 heteroatoms. The molecule has 1 aliphatic carbocycles. The number of nitrogens with zero attached hydrogens (tertiary/aromatic N) is 1. The summed E-state index contributed by atoms with van der Waals surface area (Å²) in [5, 5.41) is 24.4. The molecule has 0 spiro atoms. The molecule has 4 rings (SSSR count).